The van der Waals surface area contributed by atoms with Gasteiger partial charge < -0.3 is 19.5 Å². The minimum Gasteiger partial charge on any atom is -0.493 e. The van der Waals surface area contributed by atoms with Crippen molar-refractivity contribution in [3.8, 4) is 11.5 Å². The van der Waals surface area contributed by atoms with E-state index in [1.165, 1.54) is 31.4 Å². The van der Waals surface area contributed by atoms with Crippen LogP contribution in [0.4, 0.5) is 5.69 Å². The Bertz CT molecular complexity index is 894. The summed E-state index contributed by atoms with van der Waals surface area (Å²) in [6, 6.07) is 8.74. The van der Waals surface area contributed by atoms with E-state index in [0.717, 1.165) is 11.1 Å². The molecular weight excluding hydrogens is 380 g/mol. The number of carbonyl (C=O) groups is 2. The Labute approximate surface area is 167 Å². The highest BCUT2D eigenvalue weighted by Crippen LogP contribution is 2.30. The Morgan fingerprint density at radius 2 is 1.69 bits per heavy atom. The van der Waals surface area contributed by atoms with Crippen LogP contribution in [0, 0.1) is 17.0 Å². The zero-order valence-corrected chi connectivity index (χ0v) is 16.4. The van der Waals surface area contributed by atoms with E-state index < -0.39 is 16.8 Å². The summed E-state index contributed by atoms with van der Waals surface area (Å²) in [5.74, 6) is 0.236. The quantitative estimate of drug-likeness (QED) is 0.389. The smallest absolute Gasteiger partial charge is 0.307 e. The van der Waals surface area contributed by atoms with Crippen LogP contribution < -0.4 is 14.8 Å². The number of methoxy groups -OCH3 is 2. The number of carbonyl (C=O) groups excluding carboxylic acids is 2. The van der Waals surface area contributed by atoms with E-state index in [9.17, 15) is 19.7 Å². The van der Waals surface area contributed by atoms with Gasteiger partial charge in [0.15, 0.2) is 11.5 Å². The molecule has 0 fully saturated rings. The molecule has 154 valence electrons. The highest BCUT2D eigenvalue weighted by Gasteiger charge is 2.12. The number of benzene rings is 2. The average Bonchev–Trinajstić information content (AvgIpc) is 2.72. The van der Waals surface area contributed by atoms with Crippen LogP contribution in [0.25, 0.3) is 0 Å². The summed E-state index contributed by atoms with van der Waals surface area (Å²) in [6.07, 6.45) is -0.00887. The first kappa shape index (κ1) is 21.7. The first-order valence-electron chi connectivity index (χ1n) is 8.75. The number of non-ortho nitro benzene ring substituents is 1. The van der Waals surface area contributed by atoms with Crippen LogP contribution in [-0.2, 0) is 16.1 Å². The van der Waals surface area contributed by atoms with Crippen LogP contribution in [0.2, 0.25) is 0 Å². The van der Waals surface area contributed by atoms with Crippen molar-refractivity contribution in [1.29, 1.82) is 0 Å². The lowest BCUT2D eigenvalue weighted by molar-refractivity contribution is -0.384. The second-order valence-corrected chi connectivity index (χ2v) is 6.10. The normalized spacial score (nSPS) is 10.2. The predicted molar refractivity (Wildman–Crippen MR) is 104 cm³/mol. The van der Waals surface area contributed by atoms with Gasteiger partial charge in [0.05, 0.1) is 25.6 Å². The molecule has 0 unspecified atom stereocenters. The molecule has 0 aliphatic carbocycles. The maximum absolute atomic E-state index is 12.0. The van der Waals surface area contributed by atoms with Gasteiger partial charge in [0.2, 0.25) is 0 Å². The molecule has 0 aromatic heterocycles. The van der Waals surface area contributed by atoms with E-state index in [2.05, 4.69) is 5.32 Å². The van der Waals surface area contributed by atoms with E-state index in [-0.39, 0.29) is 30.8 Å². The standard InChI is InChI=1S/C20H22N2O7/c1-13-10-17(27-2)18(28-3)11-15(13)12-29-19(23)8-9-21-20(24)14-4-6-16(7-5-14)22(25)26/h4-7,10-11H,8-9,12H2,1-3H3,(H,21,24). The van der Waals surface area contributed by atoms with Crippen molar-refractivity contribution >= 4 is 17.6 Å². The summed E-state index contributed by atoms with van der Waals surface area (Å²) in [5.41, 5.74) is 1.84. The molecule has 0 saturated heterocycles. The maximum Gasteiger partial charge on any atom is 0.307 e. The third-order valence-electron chi connectivity index (χ3n) is 4.19. The number of ether oxygens (including phenoxy) is 3. The molecule has 29 heavy (non-hydrogen) atoms. The van der Waals surface area contributed by atoms with Gasteiger partial charge in [-0.15, -0.1) is 0 Å². The summed E-state index contributed by atoms with van der Waals surface area (Å²) in [6.45, 7) is 2.02. The zero-order valence-electron chi connectivity index (χ0n) is 16.4. The fourth-order valence-corrected chi connectivity index (χ4v) is 2.52. The van der Waals surface area contributed by atoms with E-state index in [4.69, 9.17) is 14.2 Å². The number of nitrogens with zero attached hydrogens (tertiary/aromatic N) is 1. The fourth-order valence-electron chi connectivity index (χ4n) is 2.52. The second-order valence-electron chi connectivity index (χ2n) is 6.10. The molecule has 0 aliphatic heterocycles. The third-order valence-corrected chi connectivity index (χ3v) is 4.19. The van der Waals surface area contributed by atoms with Crippen molar-refractivity contribution in [2.75, 3.05) is 20.8 Å². The SMILES string of the molecule is COc1cc(C)c(COC(=O)CCNC(=O)c2ccc([N+](=O)[O-])cc2)cc1OC. The molecule has 0 aliphatic rings. The number of aryl methyl sites for hydroxylation is 1. The van der Waals surface area contributed by atoms with E-state index >= 15 is 0 Å². The van der Waals surface area contributed by atoms with Crippen molar-refractivity contribution in [3.05, 3.63) is 63.2 Å². The fraction of sp³-hybridized carbons (Fsp3) is 0.300. The first-order chi connectivity index (χ1) is 13.8. The molecule has 0 bridgehead atoms. The molecule has 9 nitrogen and oxygen atoms in total. The largest absolute Gasteiger partial charge is 0.493 e. The number of hydrogen-bond donors (Lipinski definition) is 1. The molecule has 0 saturated carbocycles. The number of hydrogen-bond acceptors (Lipinski definition) is 7. The Kier molecular flexibility index (Phi) is 7.53. The third kappa shape index (κ3) is 5.93. The van der Waals surface area contributed by atoms with Gasteiger partial charge in [0.25, 0.3) is 11.6 Å². The van der Waals surface area contributed by atoms with Crippen molar-refractivity contribution in [3.63, 3.8) is 0 Å². The van der Waals surface area contributed by atoms with E-state index in [0.29, 0.717) is 11.5 Å². The molecule has 1 N–H and O–H groups in total. The van der Waals surface area contributed by atoms with Crippen LogP contribution in [0.1, 0.15) is 27.9 Å². The number of nitrogens with one attached hydrogen (secondary N) is 1. The lowest BCUT2D eigenvalue weighted by Gasteiger charge is -2.13. The molecule has 0 radical (unpaired) electrons. The number of nitro groups is 1. The lowest BCUT2D eigenvalue weighted by atomic mass is 10.1. The molecule has 2 rings (SSSR count). The van der Waals surface area contributed by atoms with Crippen molar-refractivity contribution in [2.45, 2.75) is 20.0 Å². The van der Waals surface area contributed by atoms with E-state index in [1.54, 1.807) is 19.2 Å². The van der Waals surface area contributed by atoms with Crippen LogP contribution >= 0.6 is 0 Å². The highest BCUT2D eigenvalue weighted by molar-refractivity contribution is 5.94. The summed E-state index contributed by atoms with van der Waals surface area (Å²) in [5, 5.41) is 13.2. The number of nitro benzene ring substituents is 1. The summed E-state index contributed by atoms with van der Waals surface area (Å²) in [4.78, 5) is 34.0. The molecule has 0 heterocycles. The predicted octanol–water partition coefficient (Wildman–Crippen LogP) is 2.78. The molecule has 2 aromatic carbocycles. The van der Waals surface area contributed by atoms with Crippen molar-refractivity contribution in [1.82, 2.24) is 5.32 Å². The topological polar surface area (TPSA) is 117 Å². The molecule has 1 amide bonds. The monoisotopic (exact) mass is 402 g/mol. The van der Waals surface area contributed by atoms with Gasteiger partial charge in [-0.05, 0) is 42.3 Å². The molecule has 0 atom stereocenters. The van der Waals surface area contributed by atoms with Gasteiger partial charge in [-0.2, -0.15) is 0 Å². The van der Waals surface area contributed by atoms with Crippen LogP contribution in [0.15, 0.2) is 36.4 Å². The van der Waals surface area contributed by atoms with Crippen molar-refractivity contribution in [2.24, 2.45) is 0 Å². The zero-order chi connectivity index (χ0) is 21.4. The van der Waals surface area contributed by atoms with Crippen LogP contribution in [-0.4, -0.2) is 37.6 Å². The summed E-state index contributed by atoms with van der Waals surface area (Å²) < 4.78 is 15.7. The van der Waals surface area contributed by atoms with Crippen LogP contribution in [0.3, 0.4) is 0 Å². The Balaban J connectivity index is 1.81. The summed E-state index contributed by atoms with van der Waals surface area (Å²) in [7, 11) is 3.07. The van der Waals surface area contributed by atoms with Crippen molar-refractivity contribution < 1.29 is 28.7 Å². The molecule has 9 heteroatoms. The van der Waals surface area contributed by atoms with Crippen LogP contribution in [0.5, 0.6) is 11.5 Å². The molecule has 0 spiro atoms. The number of amides is 1. The highest BCUT2D eigenvalue weighted by atomic mass is 16.6. The number of esters is 1. The Morgan fingerprint density at radius 1 is 1.07 bits per heavy atom. The van der Waals surface area contributed by atoms with Gasteiger partial charge in [-0.3, -0.25) is 19.7 Å². The van der Waals surface area contributed by atoms with Gasteiger partial charge in [0.1, 0.15) is 6.61 Å². The second kappa shape index (κ2) is 10.1. The Hall–Kier alpha value is -3.62. The minimum absolute atomic E-state index is 0.00887. The number of rotatable bonds is 9. The van der Waals surface area contributed by atoms with Gasteiger partial charge in [0, 0.05) is 24.2 Å². The maximum atomic E-state index is 12.0. The first-order valence-corrected chi connectivity index (χ1v) is 8.75. The Morgan fingerprint density at radius 3 is 2.28 bits per heavy atom. The van der Waals surface area contributed by atoms with E-state index in [1.807, 2.05) is 6.92 Å². The van der Waals surface area contributed by atoms with Gasteiger partial charge in [-0.1, -0.05) is 0 Å². The average molecular weight is 402 g/mol. The molecule has 2 aromatic rings. The molecular formula is C20H22N2O7. The van der Waals surface area contributed by atoms with Gasteiger partial charge in [-0.25, -0.2) is 0 Å². The minimum atomic E-state index is -0.544. The summed E-state index contributed by atoms with van der Waals surface area (Å²) >= 11 is 0. The lowest BCUT2D eigenvalue weighted by Crippen LogP contribution is -2.26. The van der Waals surface area contributed by atoms with Gasteiger partial charge >= 0.3 is 5.97 Å².